The number of halogens is 1. The van der Waals surface area contributed by atoms with Gasteiger partial charge in [0.25, 0.3) is 5.91 Å². The van der Waals surface area contributed by atoms with E-state index in [1.165, 1.54) is 29.8 Å². The van der Waals surface area contributed by atoms with Crippen LogP contribution < -0.4 is 16.0 Å². The number of urea groups is 1. The van der Waals surface area contributed by atoms with Gasteiger partial charge in [-0.05, 0) is 67.8 Å². The first-order chi connectivity index (χ1) is 16.5. The lowest BCUT2D eigenvalue weighted by Crippen LogP contribution is -2.45. The first kappa shape index (κ1) is 25.6. The highest BCUT2D eigenvalue weighted by Crippen LogP contribution is 2.13. The summed E-state index contributed by atoms with van der Waals surface area (Å²) < 4.78 is 12.9. The molecule has 3 N–H and O–H groups in total. The number of rotatable bonds is 11. The van der Waals surface area contributed by atoms with Gasteiger partial charge in [-0.3, -0.25) is 9.69 Å². The van der Waals surface area contributed by atoms with E-state index in [1.54, 1.807) is 0 Å². The number of nitrogens with one attached hydrogen (secondary N) is 3. The van der Waals surface area contributed by atoms with Crippen molar-refractivity contribution in [2.45, 2.75) is 32.7 Å². The Bertz CT molecular complexity index is 896. The van der Waals surface area contributed by atoms with Gasteiger partial charge in [-0.2, -0.15) is 0 Å². The Morgan fingerprint density at radius 3 is 2.09 bits per heavy atom. The molecule has 0 saturated carbocycles. The molecule has 0 atom stereocenters. The molecule has 1 aliphatic heterocycles. The van der Waals surface area contributed by atoms with Gasteiger partial charge in [-0.15, -0.1) is 0 Å². The van der Waals surface area contributed by atoms with Gasteiger partial charge in [-0.1, -0.05) is 19.1 Å². The molecule has 0 radical (unpaired) electrons. The van der Waals surface area contributed by atoms with E-state index in [-0.39, 0.29) is 17.8 Å². The number of carbonyl (C=O) groups excluding carboxylic acids is 2. The van der Waals surface area contributed by atoms with Gasteiger partial charge in [0.15, 0.2) is 0 Å². The zero-order chi connectivity index (χ0) is 24.2. The molecule has 1 saturated heterocycles. The molecular formula is C26H36FN5O2. The van der Waals surface area contributed by atoms with Crippen molar-refractivity contribution in [3.63, 3.8) is 0 Å². The van der Waals surface area contributed by atoms with Crippen LogP contribution in [0.25, 0.3) is 0 Å². The molecule has 0 unspecified atom stereocenters. The maximum Gasteiger partial charge on any atom is 0.319 e. The van der Waals surface area contributed by atoms with Crippen molar-refractivity contribution >= 4 is 17.6 Å². The number of hydrogen-bond acceptors (Lipinski definition) is 4. The molecule has 0 aromatic heterocycles. The van der Waals surface area contributed by atoms with Gasteiger partial charge in [0.1, 0.15) is 5.82 Å². The summed E-state index contributed by atoms with van der Waals surface area (Å²) in [6.45, 7) is 9.82. The Morgan fingerprint density at radius 2 is 1.44 bits per heavy atom. The monoisotopic (exact) mass is 469 g/mol. The summed E-state index contributed by atoms with van der Waals surface area (Å²) in [5.74, 6) is -0.565. The molecule has 1 heterocycles. The normalized spacial score (nSPS) is 14.5. The first-order valence-electron chi connectivity index (χ1n) is 12.2. The van der Waals surface area contributed by atoms with E-state index in [4.69, 9.17) is 0 Å². The fourth-order valence-corrected chi connectivity index (χ4v) is 3.92. The van der Waals surface area contributed by atoms with Crippen LogP contribution in [0.3, 0.4) is 0 Å². The Labute approximate surface area is 201 Å². The van der Waals surface area contributed by atoms with Crippen LogP contribution in [0.4, 0.5) is 14.9 Å². The minimum atomic E-state index is -0.360. The van der Waals surface area contributed by atoms with Crippen LogP contribution in [0, 0.1) is 5.82 Å². The fraction of sp³-hybridized carbons (Fsp3) is 0.462. The van der Waals surface area contributed by atoms with Crippen LogP contribution in [-0.4, -0.2) is 67.6 Å². The van der Waals surface area contributed by atoms with Crippen molar-refractivity contribution in [2.24, 2.45) is 0 Å². The predicted octanol–water partition coefficient (Wildman–Crippen LogP) is 3.69. The third-order valence-electron chi connectivity index (χ3n) is 6.06. The molecule has 184 valence electrons. The van der Waals surface area contributed by atoms with E-state index in [9.17, 15) is 14.0 Å². The minimum Gasteiger partial charge on any atom is -0.352 e. The molecule has 0 spiro atoms. The van der Waals surface area contributed by atoms with E-state index < -0.39 is 0 Å². The Kier molecular flexibility index (Phi) is 10.3. The summed E-state index contributed by atoms with van der Waals surface area (Å²) >= 11 is 0. The molecule has 34 heavy (non-hydrogen) atoms. The summed E-state index contributed by atoms with van der Waals surface area (Å²) in [5.41, 5.74) is 2.48. The molecule has 2 aromatic rings. The minimum absolute atomic E-state index is 0.206. The van der Waals surface area contributed by atoms with Crippen molar-refractivity contribution in [1.29, 1.82) is 0 Å². The summed E-state index contributed by atoms with van der Waals surface area (Å²) in [6, 6.07) is 13.3. The zero-order valence-corrected chi connectivity index (χ0v) is 20.0. The number of piperazine rings is 1. The third-order valence-corrected chi connectivity index (χ3v) is 6.06. The van der Waals surface area contributed by atoms with Crippen molar-refractivity contribution in [1.82, 2.24) is 20.4 Å². The van der Waals surface area contributed by atoms with Crippen LogP contribution in [0.2, 0.25) is 0 Å². The molecule has 7 nitrogen and oxygen atoms in total. The van der Waals surface area contributed by atoms with Gasteiger partial charge in [0, 0.05) is 57.1 Å². The summed E-state index contributed by atoms with van der Waals surface area (Å²) in [4.78, 5) is 29.0. The topological polar surface area (TPSA) is 76.7 Å². The SMILES string of the molecule is CCN1CCN(Cc2ccc(NC(=O)NCCCCCNC(=O)c3ccc(F)cc3)cc2)CC1. The number of unbranched alkanes of at least 4 members (excludes halogenated alkanes) is 2. The number of nitrogens with zero attached hydrogens (tertiary/aromatic N) is 2. The van der Waals surface area contributed by atoms with Crippen molar-refractivity contribution in [3.05, 3.63) is 65.5 Å². The second kappa shape index (κ2) is 13.7. The fourth-order valence-electron chi connectivity index (χ4n) is 3.92. The summed E-state index contributed by atoms with van der Waals surface area (Å²) in [5, 5.41) is 8.56. The van der Waals surface area contributed by atoms with E-state index in [0.717, 1.165) is 64.2 Å². The molecule has 0 bridgehead atoms. The van der Waals surface area contributed by atoms with Gasteiger partial charge < -0.3 is 20.9 Å². The van der Waals surface area contributed by atoms with Crippen LogP contribution in [0.15, 0.2) is 48.5 Å². The van der Waals surface area contributed by atoms with Crippen LogP contribution in [0.1, 0.15) is 42.1 Å². The number of benzene rings is 2. The number of anilines is 1. The number of hydrogen-bond donors (Lipinski definition) is 3. The maximum atomic E-state index is 12.9. The van der Waals surface area contributed by atoms with Crippen molar-refractivity contribution < 1.29 is 14.0 Å². The Morgan fingerprint density at radius 1 is 0.824 bits per heavy atom. The van der Waals surface area contributed by atoms with Crippen LogP contribution in [0.5, 0.6) is 0 Å². The second-order valence-corrected chi connectivity index (χ2v) is 8.61. The lowest BCUT2D eigenvalue weighted by atomic mass is 10.2. The molecule has 3 amide bonds. The smallest absolute Gasteiger partial charge is 0.319 e. The number of carbonyl (C=O) groups is 2. The van der Waals surface area contributed by atoms with Gasteiger partial charge in [0.2, 0.25) is 0 Å². The molecule has 1 fully saturated rings. The van der Waals surface area contributed by atoms with Gasteiger partial charge >= 0.3 is 6.03 Å². The van der Waals surface area contributed by atoms with Crippen LogP contribution in [-0.2, 0) is 6.54 Å². The number of likely N-dealkylation sites (N-methyl/N-ethyl adjacent to an activating group) is 1. The highest BCUT2D eigenvalue weighted by molar-refractivity contribution is 5.94. The van der Waals surface area contributed by atoms with E-state index in [0.29, 0.717) is 18.7 Å². The molecule has 2 aromatic carbocycles. The first-order valence-corrected chi connectivity index (χ1v) is 12.2. The van der Waals surface area contributed by atoms with Crippen LogP contribution >= 0.6 is 0 Å². The van der Waals surface area contributed by atoms with Crippen molar-refractivity contribution in [2.75, 3.05) is 51.1 Å². The van der Waals surface area contributed by atoms with Gasteiger partial charge in [-0.25, -0.2) is 9.18 Å². The largest absolute Gasteiger partial charge is 0.352 e. The zero-order valence-electron chi connectivity index (χ0n) is 20.0. The Hall–Kier alpha value is -2.97. The second-order valence-electron chi connectivity index (χ2n) is 8.61. The highest BCUT2D eigenvalue weighted by Gasteiger charge is 2.15. The van der Waals surface area contributed by atoms with E-state index >= 15 is 0 Å². The standard InChI is InChI=1S/C26H36FN5O2/c1-2-31-16-18-32(19-17-31)20-21-6-12-24(13-7-21)30-26(34)29-15-5-3-4-14-28-25(33)22-8-10-23(27)11-9-22/h6-13H,2-5,14-20H2,1H3,(H,28,33)(H2,29,30,34). The third kappa shape index (κ3) is 8.76. The Balaban J connectivity index is 1.24. The lowest BCUT2D eigenvalue weighted by Gasteiger charge is -2.34. The van der Waals surface area contributed by atoms with E-state index in [2.05, 4.69) is 44.8 Å². The molecule has 8 heteroatoms. The van der Waals surface area contributed by atoms with E-state index in [1.807, 2.05) is 12.1 Å². The molecular weight excluding hydrogens is 433 g/mol. The average molecular weight is 470 g/mol. The maximum absolute atomic E-state index is 12.9. The predicted molar refractivity (Wildman–Crippen MR) is 133 cm³/mol. The van der Waals surface area contributed by atoms with Crippen molar-refractivity contribution in [3.8, 4) is 0 Å². The molecule has 1 aliphatic rings. The molecule has 0 aliphatic carbocycles. The number of amides is 3. The molecule has 3 rings (SSSR count). The summed E-state index contributed by atoms with van der Waals surface area (Å²) in [7, 11) is 0. The highest BCUT2D eigenvalue weighted by atomic mass is 19.1. The average Bonchev–Trinajstić information content (AvgIpc) is 2.85. The van der Waals surface area contributed by atoms with Gasteiger partial charge in [0.05, 0.1) is 0 Å². The lowest BCUT2D eigenvalue weighted by molar-refractivity contribution is 0.0953. The quantitative estimate of drug-likeness (QED) is 0.439. The summed E-state index contributed by atoms with van der Waals surface area (Å²) in [6.07, 6.45) is 2.51.